The highest BCUT2D eigenvalue weighted by Crippen LogP contribution is 2.37. The average molecular weight is 533 g/mol. The summed E-state index contributed by atoms with van der Waals surface area (Å²) in [5.41, 5.74) is 8.20. The third kappa shape index (κ3) is 5.72. The number of benzene rings is 2. The molecule has 0 atom stereocenters. The maximum Gasteiger partial charge on any atom is 0.200 e. The van der Waals surface area contributed by atoms with Crippen molar-refractivity contribution in [2.75, 3.05) is 45.3 Å². The van der Waals surface area contributed by atoms with E-state index in [-0.39, 0.29) is 29.7 Å². The number of anilines is 1. The second-order valence-corrected chi connectivity index (χ2v) is 6.91. The van der Waals surface area contributed by atoms with Gasteiger partial charge in [-0.25, -0.2) is 4.99 Å². The summed E-state index contributed by atoms with van der Waals surface area (Å²) in [7, 11) is 2.99. The third-order valence-corrected chi connectivity index (χ3v) is 5.01. The van der Waals surface area contributed by atoms with Gasteiger partial charge >= 0.3 is 0 Å². The molecule has 7 nitrogen and oxygen atoms in total. The summed E-state index contributed by atoms with van der Waals surface area (Å²) in [5, 5.41) is 10.7. The van der Waals surface area contributed by atoms with E-state index in [4.69, 9.17) is 26.8 Å². The van der Waals surface area contributed by atoms with Gasteiger partial charge in [-0.1, -0.05) is 11.6 Å². The monoisotopic (exact) mass is 532 g/mol. The Morgan fingerprint density at radius 1 is 1.07 bits per heavy atom. The summed E-state index contributed by atoms with van der Waals surface area (Å²) in [6.45, 7) is 3.67. The lowest BCUT2D eigenvalue weighted by Gasteiger charge is -2.36. The van der Waals surface area contributed by atoms with Crippen LogP contribution < -0.4 is 20.1 Å². The molecule has 0 saturated carbocycles. The Labute approximate surface area is 193 Å². The lowest BCUT2D eigenvalue weighted by Crippen LogP contribution is -2.51. The first kappa shape index (κ1) is 23.2. The van der Waals surface area contributed by atoms with Crippen molar-refractivity contribution in [2.24, 2.45) is 10.7 Å². The smallest absolute Gasteiger partial charge is 0.200 e. The molecular formula is C20H26ClIN4O3. The molecule has 2 aromatic carbocycles. The molecule has 3 rings (SSSR count). The maximum atomic E-state index is 10.00. The van der Waals surface area contributed by atoms with Crippen LogP contribution in [-0.2, 0) is 6.54 Å². The number of hydrogen-bond acceptors (Lipinski definition) is 5. The molecule has 29 heavy (non-hydrogen) atoms. The fourth-order valence-electron chi connectivity index (χ4n) is 3.16. The maximum absolute atomic E-state index is 10.00. The van der Waals surface area contributed by atoms with Crippen LogP contribution in [0, 0.1) is 0 Å². The van der Waals surface area contributed by atoms with Gasteiger partial charge < -0.3 is 30.1 Å². The minimum atomic E-state index is -0.0241. The Morgan fingerprint density at radius 3 is 2.14 bits per heavy atom. The molecule has 0 unspecified atom stereocenters. The van der Waals surface area contributed by atoms with E-state index in [1.165, 1.54) is 14.2 Å². The minimum absolute atomic E-state index is 0. The zero-order valence-electron chi connectivity index (χ0n) is 16.5. The van der Waals surface area contributed by atoms with Gasteiger partial charge in [0.15, 0.2) is 17.5 Å². The first-order valence-corrected chi connectivity index (χ1v) is 9.39. The predicted molar refractivity (Wildman–Crippen MR) is 127 cm³/mol. The zero-order chi connectivity index (χ0) is 20.1. The van der Waals surface area contributed by atoms with Crippen LogP contribution in [0.25, 0.3) is 0 Å². The first-order chi connectivity index (χ1) is 13.5. The second-order valence-electron chi connectivity index (χ2n) is 6.47. The van der Waals surface area contributed by atoms with E-state index in [2.05, 4.69) is 14.8 Å². The lowest BCUT2D eigenvalue weighted by atomic mass is 10.2. The molecule has 0 aliphatic carbocycles. The van der Waals surface area contributed by atoms with Crippen molar-refractivity contribution in [2.45, 2.75) is 6.54 Å². The summed E-state index contributed by atoms with van der Waals surface area (Å²) in [4.78, 5) is 8.87. The van der Waals surface area contributed by atoms with E-state index in [1.807, 2.05) is 24.3 Å². The summed E-state index contributed by atoms with van der Waals surface area (Å²) in [6, 6.07) is 11.3. The summed E-state index contributed by atoms with van der Waals surface area (Å²) in [5.74, 6) is 1.17. The molecule has 1 fully saturated rings. The Kier molecular flexibility index (Phi) is 8.51. The van der Waals surface area contributed by atoms with E-state index < -0.39 is 0 Å². The van der Waals surface area contributed by atoms with Crippen molar-refractivity contribution in [3.8, 4) is 17.2 Å². The number of methoxy groups -OCH3 is 2. The number of halogens is 2. The van der Waals surface area contributed by atoms with Crippen molar-refractivity contribution in [1.82, 2.24) is 4.90 Å². The lowest BCUT2D eigenvalue weighted by molar-refractivity contribution is 0.339. The molecule has 3 N–H and O–H groups in total. The number of ether oxygens (including phenoxy) is 2. The van der Waals surface area contributed by atoms with Crippen LogP contribution in [0.3, 0.4) is 0 Å². The zero-order valence-corrected chi connectivity index (χ0v) is 19.6. The number of aromatic hydroxyl groups is 1. The molecule has 1 aliphatic heterocycles. The van der Waals surface area contributed by atoms with Gasteiger partial charge in [-0.15, -0.1) is 24.0 Å². The van der Waals surface area contributed by atoms with Crippen LogP contribution in [0.4, 0.5) is 5.69 Å². The highest BCUT2D eigenvalue weighted by Gasteiger charge is 2.18. The SMILES string of the molecule is COc1cc(CN=C(N)N2CCN(c3ccc(Cl)cc3)CC2)cc(OC)c1O.I. The molecule has 0 aromatic heterocycles. The average Bonchev–Trinajstić information content (AvgIpc) is 2.73. The van der Waals surface area contributed by atoms with Gasteiger partial charge in [0.25, 0.3) is 0 Å². The predicted octanol–water partition coefficient (Wildman–Crippen LogP) is 3.32. The molecule has 0 bridgehead atoms. The summed E-state index contributed by atoms with van der Waals surface area (Å²) < 4.78 is 10.4. The van der Waals surface area contributed by atoms with Crippen LogP contribution in [-0.4, -0.2) is 56.4 Å². The summed E-state index contributed by atoms with van der Waals surface area (Å²) in [6.07, 6.45) is 0. The van der Waals surface area contributed by atoms with E-state index in [0.717, 1.165) is 42.5 Å². The van der Waals surface area contributed by atoms with Crippen molar-refractivity contribution < 1.29 is 14.6 Å². The second kappa shape index (κ2) is 10.6. The molecule has 2 aromatic rings. The molecule has 0 spiro atoms. The normalized spacial score (nSPS) is 14.4. The fourth-order valence-corrected chi connectivity index (χ4v) is 3.28. The van der Waals surface area contributed by atoms with Crippen LogP contribution >= 0.6 is 35.6 Å². The summed E-state index contributed by atoms with van der Waals surface area (Å²) >= 11 is 5.96. The van der Waals surface area contributed by atoms with E-state index in [1.54, 1.807) is 12.1 Å². The number of hydrogen-bond donors (Lipinski definition) is 2. The molecular weight excluding hydrogens is 507 g/mol. The van der Waals surface area contributed by atoms with Gasteiger partial charge in [0.05, 0.1) is 20.8 Å². The number of piperazine rings is 1. The van der Waals surface area contributed by atoms with E-state index >= 15 is 0 Å². The first-order valence-electron chi connectivity index (χ1n) is 9.01. The quantitative estimate of drug-likeness (QED) is 0.349. The Hall–Kier alpha value is -2.07. The Balaban J connectivity index is 0.00000300. The van der Waals surface area contributed by atoms with Crippen molar-refractivity contribution in [3.05, 3.63) is 47.0 Å². The van der Waals surface area contributed by atoms with Gasteiger partial charge in [0.1, 0.15) is 0 Å². The molecule has 1 aliphatic rings. The highest BCUT2D eigenvalue weighted by molar-refractivity contribution is 14.0. The number of nitrogens with zero attached hydrogens (tertiary/aromatic N) is 3. The number of nitrogens with two attached hydrogens (primary N) is 1. The molecule has 0 radical (unpaired) electrons. The van der Waals surface area contributed by atoms with Crippen molar-refractivity contribution >= 4 is 47.2 Å². The number of guanidine groups is 1. The van der Waals surface area contributed by atoms with Gasteiger partial charge in [0, 0.05) is 36.9 Å². The highest BCUT2D eigenvalue weighted by atomic mass is 127. The molecule has 1 heterocycles. The number of phenols is 1. The van der Waals surface area contributed by atoms with E-state index in [9.17, 15) is 5.11 Å². The van der Waals surface area contributed by atoms with Crippen LogP contribution in [0.5, 0.6) is 17.2 Å². The number of phenolic OH excluding ortho intramolecular Hbond substituents is 1. The topological polar surface area (TPSA) is 83.6 Å². The molecule has 1 saturated heterocycles. The van der Waals surface area contributed by atoms with Crippen molar-refractivity contribution in [3.63, 3.8) is 0 Å². The van der Waals surface area contributed by atoms with Crippen LogP contribution in [0.15, 0.2) is 41.4 Å². The largest absolute Gasteiger partial charge is 0.502 e. The number of aliphatic imine (C=N–C) groups is 1. The fraction of sp³-hybridized carbons (Fsp3) is 0.350. The van der Waals surface area contributed by atoms with Gasteiger partial charge in [-0.2, -0.15) is 0 Å². The Bertz CT molecular complexity index is 815. The third-order valence-electron chi connectivity index (χ3n) is 4.76. The van der Waals surface area contributed by atoms with Crippen LogP contribution in [0.2, 0.25) is 5.02 Å². The van der Waals surface area contributed by atoms with Gasteiger partial charge in [0.2, 0.25) is 5.75 Å². The molecule has 0 amide bonds. The molecule has 9 heteroatoms. The Morgan fingerprint density at radius 2 is 1.62 bits per heavy atom. The van der Waals surface area contributed by atoms with Crippen molar-refractivity contribution in [1.29, 1.82) is 0 Å². The van der Waals surface area contributed by atoms with E-state index in [0.29, 0.717) is 24.0 Å². The number of rotatable bonds is 5. The standard InChI is InChI=1S/C20H25ClN4O3.HI/c1-27-17-11-14(12-18(28-2)19(17)26)13-23-20(22)25-9-7-24(8-10-25)16-5-3-15(21)4-6-16;/h3-6,11-12,26H,7-10,13H2,1-2H3,(H2,22,23);1H. The van der Waals surface area contributed by atoms with Gasteiger partial charge in [-0.05, 0) is 42.0 Å². The van der Waals surface area contributed by atoms with Gasteiger partial charge in [-0.3, -0.25) is 0 Å². The molecule has 158 valence electrons. The van der Waals surface area contributed by atoms with Crippen LogP contribution in [0.1, 0.15) is 5.56 Å². The minimum Gasteiger partial charge on any atom is -0.502 e.